The number of hydrogen-bond donors (Lipinski definition) is 1. The minimum Gasteiger partial charge on any atom is -0.493 e. The van der Waals surface area contributed by atoms with Gasteiger partial charge in [0.15, 0.2) is 0 Å². The fourth-order valence-corrected chi connectivity index (χ4v) is 4.71. The second-order valence-corrected chi connectivity index (χ2v) is 10.1. The Morgan fingerprint density at radius 1 is 1.03 bits per heavy atom. The number of aromatic nitrogens is 1. The van der Waals surface area contributed by atoms with Crippen molar-refractivity contribution in [1.29, 1.82) is 0 Å². The maximum absolute atomic E-state index is 12.7. The zero-order chi connectivity index (χ0) is 23.6. The molecular weight excluding hydrogens is 457 g/mol. The molecular formula is C23H23F3N2O4S. The molecule has 1 saturated heterocycles. The number of hydrogen-bond acceptors (Lipinski definition) is 5. The van der Waals surface area contributed by atoms with Crippen molar-refractivity contribution in [2.24, 2.45) is 5.92 Å². The van der Waals surface area contributed by atoms with Gasteiger partial charge >= 0.3 is 5.51 Å². The third kappa shape index (κ3) is 5.22. The molecule has 0 radical (unpaired) electrons. The number of aromatic amines is 1. The lowest BCUT2D eigenvalue weighted by Gasteiger charge is -2.31. The Kier molecular flexibility index (Phi) is 6.49. The van der Waals surface area contributed by atoms with Crippen LogP contribution in [0.15, 0.2) is 64.4 Å². The van der Waals surface area contributed by atoms with Crippen molar-refractivity contribution >= 4 is 20.6 Å². The van der Waals surface area contributed by atoms with Crippen molar-refractivity contribution in [3.05, 3.63) is 70.6 Å². The van der Waals surface area contributed by atoms with E-state index in [0.717, 1.165) is 49.0 Å². The summed E-state index contributed by atoms with van der Waals surface area (Å²) in [6.07, 6.45) is 3.43. The summed E-state index contributed by atoms with van der Waals surface area (Å²) >= 11 is 0. The van der Waals surface area contributed by atoms with Gasteiger partial charge in [0.25, 0.3) is 15.4 Å². The standard InChI is InChI=1S/C23H23F3N2O4S/c24-23(25,26)33(30,31)20-4-1-16(2-5-20)14-28-11-8-17(9-12-28)15-32-19-3-6-21-18(13-19)7-10-27-22(21)29/h1-7,10,13,17H,8-9,11-12,14-15H2,(H,27,29). The lowest BCUT2D eigenvalue weighted by Crippen LogP contribution is -2.35. The van der Waals surface area contributed by atoms with Crippen LogP contribution in [0.3, 0.4) is 0 Å². The van der Waals surface area contributed by atoms with Crippen LogP contribution in [-0.4, -0.2) is 43.5 Å². The molecule has 0 amide bonds. The summed E-state index contributed by atoms with van der Waals surface area (Å²) in [4.78, 5) is 15.9. The Labute approximate surface area is 188 Å². The molecule has 3 aromatic rings. The van der Waals surface area contributed by atoms with Crippen LogP contribution in [0.25, 0.3) is 10.8 Å². The third-order valence-corrected chi connectivity index (χ3v) is 7.38. The van der Waals surface area contributed by atoms with Crippen LogP contribution in [-0.2, 0) is 16.4 Å². The predicted octanol–water partition coefficient (Wildman–Crippen LogP) is 4.11. The molecule has 4 rings (SSSR count). The molecule has 0 spiro atoms. The van der Waals surface area contributed by atoms with E-state index in [1.165, 1.54) is 12.1 Å². The number of alkyl halides is 3. The number of piperidine rings is 1. The molecule has 1 N–H and O–H groups in total. The van der Waals surface area contributed by atoms with Gasteiger partial charge in [-0.2, -0.15) is 13.2 Å². The third-order valence-electron chi connectivity index (χ3n) is 5.88. The smallest absolute Gasteiger partial charge is 0.493 e. The Bertz CT molecular complexity index is 1280. The predicted molar refractivity (Wildman–Crippen MR) is 118 cm³/mol. The number of nitrogens with zero attached hydrogens (tertiary/aromatic N) is 1. The van der Waals surface area contributed by atoms with E-state index in [1.807, 2.05) is 12.1 Å². The number of sulfone groups is 1. The molecule has 0 saturated carbocycles. The fraction of sp³-hybridized carbons (Fsp3) is 0.348. The largest absolute Gasteiger partial charge is 0.501 e. The Morgan fingerprint density at radius 3 is 2.39 bits per heavy atom. The molecule has 1 aliphatic rings. The summed E-state index contributed by atoms with van der Waals surface area (Å²) in [6, 6.07) is 12.1. The van der Waals surface area contributed by atoms with E-state index >= 15 is 0 Å². The molecule has 6 nitrogen and oxygen atoms in total. The number of benzene rings is 2. The van der Waals surface area contributed by atoms with Crippen molar-refractivity contribution < 1.29 is 26.3 Å². The Morgan fingerprint density at radius 2 is 1.73 bits per heavy atom. The van der Waals surface area contributed by atoms with E-state index in [2.05, 4.69) is 9.88 Å². The van der Waals surface area contributed by atoms with Gasteiger partial charge in [0, 0.05) is 18.1 Å². The van der Waals surface area contributed by atoms with E-state index in [-0.39, 0.29) is 5.56 Å². The normalized spacial score (nSPS) is 16.2. The zero-order valence-corrected chi connectivity index (χ0v) is 18.5. The first-order valence-electron chi connectivity index (χ1n) is 10.5. The maximum Gasteiger partial charge on any atom is 0.501 e. The van der Waals surface area contributed by atoms with Crippen LogP contribution in [0.2, 0.25) is 0 Å². The lowest BCUT2D eigenvalue weighted by atomic mass is 9.97. The highest BCUT2D eigenvalue weighted by Crippen LogP contribution is 2.30. The van der Waals surface area contributed by atoms with Gasteiger partial charge < -0.3 is 9.72 Å². The number of pyridine rings is 1. The minimum atomic E-state index is -5.32. The van der Waals surface area contributed by atoms with Crippen molar-refractivity contribution in [1.82, 2.24) is 9.88 Å². The minimum absolute atomic E-state index is 0.136. The van der Waals surface area contributed by atoms with Gasteiger partial charge in [0.05, 0.1) is 11.5 Å². The lowest BCUT2D eigenvalue weighted by molar-refractivity contribution is -0.0436. The Hall–Kier alpha value is -2.85. The summed E-state index contributed by atoms with van der Waals surface area (Å²) in [7, 11) is -5.32. The summed E-state index contributed by atoms with van der Waals surface area (Å²) in [6.45, 7) is 2.72. The first kappa shape index (κ1) is 23.3. The van der Waals surface area contributed by atoms with E-state index < -0.39 is 20.2 Å². The topological polar surface area (TPSA) is 79.5 Å². The van der Waals surface area contributed by atoms with Crippen molar-refractivity contribution in [2.45, 2.75) is 29.8 Å². The van der Waals surface area contributed by atoms with Gasteiger partial charge in [-0.05, 0) is 79.2 Å². The first-order chi connectivity index (χ1) is 15.6. The number of H-pyrrole nitrogens is 1. The van der Waals surface area contributed by atoms with E-state index in [9.17, 15) is 26.4 Å². The number of rotatable bonds is 6. The molecule has 0 aliphatic carbocycles. The number of likely N-dealkylation sites (tertiary alicyclic amines) is 1. The van der Waals surface area contributed by atoms with Crippen LogP contribution < -0.4 is 10.3 Å². The van der Waals surface area contributed by atoms with Crippen molar-refractivity contribution in [2.75, 3.05) is 19.7 Å². The van der Waals surface area contributed by atoms with Gasteiger partial charge in [-0.1, -0.05) is 12.1 Å². The number of fused-ring (bicyclic) bond motifs is 1. The molecule has 1 fully saturated rings. The number of ether oxygens (including phenoxy) is 1. The average Bonchev–Trinajstić information content (AvgIpc) is 2.78. The second-order valence-electron chi connectivity index (χ2n) is 8.18. The van der Waals surface area contributed by atoms with Crippen LogP contribution in [0.4, 0.5) is 13.2 Å². The fourth-order valence-electron chi connectivity index (χ4n) is 3.95. The zero-order valence-electron chi connectivity index (χ0n) is 17.6. The van der Waals surface area contributed by atoms with E-state index in [1.54, 1.807) is 18.3 Å². The second kappa shape index (κ2) is 9.18. The summed E-state index contributed by atoms with van der Waals surface area (Å²) < 4.78 is 66.9. The number of nitrogens with one attached hydrogen (secondary N) is 1. The van der Waals surface area contributed by atoms with Crippen LogP contribution in [0, 0.1) is 5.92 Å². The van der Waals surface area contributed by atoms with E-state index in [4.69, 9.17) is 4.74 Å². The van der Waals surface area contributed by atoms with Crippen molar-refractivity contribution in [3.63, 3.8) is 0 Å². The molecule has 2 aromatic carbocycles. The monoisotopic (exact) mass is 480 g/mol. The summed E-state index contributed by atoms with van der Waals surface area (Å²) in [5, 5.41) is 1.43. The van der Waals surface area contributed by atoms with Gasteiger partial charge in [-0.25, -0.2) is 8.42 Å². The van der Waals surface area contributed by atoms with Gasteiger partial charge in [0.1, 0.15) is 5.75 Å². The average molecular weight is 481 g/mol. The first-order valence-corrected chi connectivity index (χ1v) is 12.0. The molecule has 1 aromatic heterocycles. The molecule has 0 bridgehead atoms. The highest BCUT2D eigenvalue weighted by atomic mass is 32.2. The van der Waals surface area contributed by atoms with Gasteiger partial charge in [0.2, 0.25) is 0 Å². The molecule has 10 heteroatoms. The molecule has 33 heavy (non-hydrogen) atoms. The van der Waals surface area contributed by atoms with Crippen LogP contribution in [0.5, 0.6) is 5.75 Å². The maximum atomic E-state index is 12.7. The highest BCUT2D eigenvalue weighted by Gasteiger charge is 2.46. The highest BCUT2D eigenvalue weighted by molar-refractivity contribution is 7.92. The molecule has 176 valence electrons. The molecule has 1 aliphatic heterocycles. The Balaban J connectivity index is 1.27. The number of halogens is 3. The van der Waals surface area contributed by atoms with Crippen LogP contribution >= 0.6 is 0 Å². The van der Waals surface area contributed by atoms with Gasteiger partial charge in [-0.15, -0.1) is 0 Å². The summed E-state index contributed by atoms with van der Waals surface area (Å²) in [5.41, 5.74) is -4.68. The quantitative estimate of drug-likeness (QED) is 0.575. The molecule has 2 heterocycles. The summed E-state index contributed by atoms with van der Waals surface area (Å²) in [5.74, 6) is 1.08. The van der Waals surface area contributed by atoms with Crippen LogP contribution in [0.1, 0.15) is 18.4 Å². The van der Waals surface area contributed by atoms with Crippen molar-refractivity contribution in [3.8, 4) is 5.75 Å². The molecule has 0 atom stereocenters. The SMILES string of the molecule is O=c1[nH]ccc2cc(OCC3CCN(Cc4ccc(S(=O)(=O)C(F)(F)F)cc4)CC3)ccc12. The molecule has 0 unspecified atom stereocenters. The van der Waals surface area contributed by atoms with E-state index in [0.29, 0.717) is 30.2 Å². The van der Waals surface area contributed by atoms with Gasteiger partial charge in [-0.3, -0.25) is 9.69 Å².